The molecule has 1 fully saturated rings. The fourth-order valence-corrected chi connectivity index (χ4v) is 3.57. The van der Waals surface area contributed by atoms with Crippen molar-refractivity contribution in [2.24, 2.45) is 11.1 Å². The smallest absolute Gasteiger partial charge is 0.258 e. The number of benzene rings is 1. The first-order chi connectivity index (χ1) is 11.4. The van der Waals surface area contributed by atoms with Gasteiger partial charge in [0.2, 0.25) is 5.91 Å². The molecule has 2 heterocycles. The van der Waals surface area contributed by atoms with Crippen LogP contribution >= 0.6 is 0 Å². The molecule has 0 aromatic heterocycles. The molecule has 1 aromatic rings. The van der Waals surface area contributed by atoms with E-state index in [0.29, 0.717) is 36.8 Å². The predicted octanol–water partition coefficient (Wildman–Crippen LogP) is 1.96. The lowest BCUT2D eigenvalue weighted by atomic mass is 9.90. The molecule has 3 rings (SSSR count). The standard InChI is InChI=1S/C18H24N2O4/c1-18(2)10-12(9-15(19)21)20(11-18)17(22)13-5-3-6-14-16(13)24-8-4-7-23-14/h3,5-6,12H,4,7-11H2,1-2H3,(H2,19,21). The molecule has 6 nitrogen and oxygen atoms in total. The molecule has 2 N–H and O–H groups in total. The molecular formula is C18H24N2O4. The SMILES string of the molecule is CC1(C)CC(CC(N)=O)N(C(=O)c2cccc3c2OCCCO3)C1. The minimum Gasteiger partial charge on any atom is -0.490 e. The topological polar surface area (TPSA) is 81.9 Å². The lowest BCUT2D eigenvalue weighted by molar-refractivity contribution is -0.118. The minimum absolute atomic E-state index is 0.0428. The molecule has 2 aliphatic heterocycles. The lowest BCUT2D eigenvalue weighted by Crippen LogP contribution is -2.38. The van der Waals surface area contributed by atoms with Crippen molar-refractivity contribution in [3.05, 3.63) is 23.8 Å². The number of ether oxygens (including phenoxy) is 2. The Morgan fingerprint density at radius 1 is 1.29 bits per heavy atom. The Balaban J connectivity index is 1.92. The van der Waals surface area contributed by atoms with Crippen LogP contribution in [0.3, 0.4) is 0 Å². The summed E-state index contributed by atoms with van der Waals surface area (Å²) in [5.41, 5.74) is 5.82. The summed E-state index contributed by atoms with van der Waals surface area (Å²) in [6, 6.07) is 5.19. The van der Waals surface area contributed by atoms with Gasteiger partial charge in [-0.1, -0.05) is 19.9 Å². The van der Waals surface area contributed by atoms with E-state index in [1.165, 1.54) is 0 Å². The van der Waals surface area contributed by atoms with E-state index < -0.39 is 0 Å². The molecule has 0 saturated carbocycles. The number of fused-ring (bicyclic) bond motifs is 1. The van der Waals surface area contributed by atoms with Crippen LogP contribution < -0.4 is 15.2 Å². The van der Waals surface area contributed by atoms with Gasteiger partial charge in [0.15, 0.2) is 11.5 Å². The highest BCUT2D eigenvalue weighted by molar-refractivity contribution is 5.98. The van der Waals surface area contributed by atoms with Crippen molar-refractivity contribution in [3.8, 4) is 11.5 Å². The number of amides is 2. The normalized spacial score (nSPS) is 22.1. The van der Waals surface area contributed by atoms with E-state index >= 15 is 0 Å². The first-order valence-electron chi connectivity index (χ1n) is 8.35. The maximum Gasteiger partial charge on any atom is 0.258 e. The monoisotopic (exact) mass is 332 g/mol. The van der Waals surface area contributed by atoms with Gasteiger partial charge in [0, 0.05) is 25.4 Å². The predicted molar refractivity (Wildman–Crippen MR) is 89.1 cm³/mol. The van der Waals surface area contributed by atoms with E-state index in [0.717, 1.165) is 12.8 Å². The summed E-state index contributed by atoms with van der Waals surface area (Å²) >= 11 is 0. The largest absolute Gasteiger partial charge is 0.490 e. The third-order valence-corrected chi connectivity index (χ3v) is 4.53. The van der Waals surface area contributed by atoms with Crippen molar-refractivity contribution in [1.82, 2.24) is 4.90 Å². The molecule has 6 heteroatoms. The molecule has 2 amide bonds. The maximum absolute atomic E-state index is 13.1. The van der Waals surface area contributed by atoms with Crippen molar-refractivity contribution in [2.75, 3.05) is 19.8 Å². The van der Waals surface area contributed by atoms with Crippen molar-refractivity contribution in [2.45, 2.75) is 39.2 Å². The molecule has 0 spiro atoms. The molecule has 24 heavy (non-hydrogen) atoms. The number of likely N-dealkylation sites (tertiary alicyclic amines) is 1. The van der Waals surface area contributed by atoms with Gasteiger partial charge in [-0.25, -0.2) is 0 Å². The number of nitrogens with zero attached hydrogens (tertiary/aromatic N) is 1. The summed E-state index contributed by atoms with van der Waals surface area (Å²) in [7, 11) is 0. The lowest BCUT2D eigenvalue weighted by Gasteiger charge is -2.25. The van der Waals surface area contributed by atoms with Crippen molar-refractivity contribution >= 4 is 11.8 Å². The van der Waals surface area contributed by atoms with Crippen LogP contribution in [0.15, 0.2) is 18.2 Å². The quantitative estimate of drug-likeness (QED) is 0.917. The third-order valence-electron chi connectivity index (χ3n) is 4.53. The van der Waals surface area contributed by atoms with Crippen molar-refractivity contribution in [3.63, 3.8) is 0 Å². The van der Waals surface area contributed by atoms with Crippen LogP contribution in [-0.2, 0) is 4.79 Å². The van der Waals surface area contributed by atoms with Gasteiger partial charge in [-0.2, -0.15) is 0 Å². The second-order valence-corrected chi connectivity index (χ2v) is 7.31. The maximum atomic E-state index is 13.1. The second-order valence-electron chi connectivity index (χ2n) is 7.31. The summed E-state index contributed by atoms with van der Waals surface area (Å²) in [5, 5.41) is 0. The Labute approximate surface area is 141 Å². The Bertz CT molecular complexity index is 656. The van der Waals surface area contributed by atoms with Gasteiger partial charge in [0.1, 0.15) is 0 Å². The van der Waals surface area contributed by atoms with Gasteiger partial charge < -0.3 is 20.1 Å². The van der Waals surface area contributed by atoms with Gasteiger partial charge in [-0.15, -0.1) is 0 Å². The highest BCUT2D eigenvalue weighted by Crippen LogP contribution is 2.39. The summed E-state index contributed by atoms with van der Waals surface area (Å²) < 4.78 is 11.4. The molecule has 0 radical (unpaired) electrons. The van der Waals surface area contributed by atoms with E-state index in [4.69, 9.17) is 15.2 Å². The fourth-order valence-electron chi connectivity index (χ4n) is 3.57. The zero-order chi connectivity index (χ0) is 17.3. The first-order valence-corrected chi connectivity index (χ1v) is 8.35. The van der Waals surface area contributed by atoms with Crippen LogP contribution in [0, 0.1) is 5.41 Å². The Morgan fingerprint density at radius 2 is 2.04 bits per heavy atom. The van der Waals surface area contributed by atoms with E-state index in [-0.39, 0.29) is 29.7 Å². The molecule has 1 saturated heterocycles. The molecule has 1 unspecified atom stereocenters. The van der Waals surface area contributed by atoms with Crippen LogP contribution in [0.2, 0.25) is 0 Å². The van der Waals surface area contributed by atoms with Crippen molar-refractivity contribution < 1.29 is 19.1 Å². The first kappa shape index (κ1) is 16.6. The van der Waals surface area contributed by atoms with Crippen LogP contribution in [0.5, 0.6) is 11.5 Å². The minimum atomic E-state index is -0.387. The van der Waals surface area contributed by atoms with Gasteiger partial charge in [0.25, 0.3) is 5.91 Å². The van der Waals surface area contributed by atoms with E-state index in [1.54, 1.807) is 17.0 Å². The second kappa shape index (κ2) is 6.34. The molecule has 1 atom stereocenters. The van der Waals surface area contributed by atoms with E-state index in [1.807, 2.05) is 6.07 Å². The van der Waals surface area contributed by atoms with Crippen LogP contribution in [0.1, 0.15) is 43.5 Å². The van der Waals surface area contributed by atoms with Gasteiger partial charge in [0.05, 0.1) is 18.8 Å². The van der Waals surface area contributed by atoms with E-state index in [2.05, 4.69) is 13.8 Å². The number of carbonyl (C=O) groups is 2. The summed E-state index contributed by atoms with van der Waals surface area (Å²) in [5.74, 6) is 0.585. The summed E-state index contributed by atoms with van der Waals surface area (Å²) in [6.45, 7) is 5.88. The molecule has 2 aliphatic rings. The Hall–Kier alpha value is -2.24. The van der Waals surface area contributed by atoms with Crippen LogP contribution in [-0.4, -0.2) is 42.5 Å². The number of para-hydroxylation sites is 1. The van der Waals surface area contributed by atoms with Gasteiger partial charge in [-0.05, 0) is 24.0 Å². The summed E-state index contributed by atoms with van der Waals surface area (Å²) in [6.07, 6.45) is 1.72. The molecular weight excluding hydrogens is 308 g/mol. The Kier molecular flexibility index (Phi) is 4.39. The number of carbonyl (C=O) groups excluding carboxylic acids is 2. The number of primary amides is 1. The highest BCUT2D eigenvalue weighted by atomic mass is 16.5. The zero-order valence-electron chi connectivity index (χ0n) is 14.2. The van der Waals surface area contributed by atoms with E-state index in [9.17, 15) is 9.59 Å². The van der Waals surface area contributed by atoms with Gasteiger partial charge in [-0.3, -0.25) is 9.59 Å². The molecule has 1 aromatic carbocycles. The number of hydrogen-bond donors (Lipinski definition) is 1. The molecule has 0 aliphatic carbocycles. The number of rotatable bonds is 3. The van der Waals surface area contributed by atoms with Gasteiger partial charge >= 0.3 is 0 Å². The number of nitrogens with two attached hydrogens (primary N) is 1. The zero-order valence-corrected chi connectivity index (χ0v) is 14.2. The number of hydrogen-bond acceptors (Lipinski definition) is 4. The van der Waals surface area contributed by atoms with Crippen LogP contribution in [0.25, 0.3) is 0 Å². The summed E-state index contributed by atoms with van der Waals surface area (Å²) in [4.78, 5) is 26.3. The fraction of sp³-hybridized carbons (Fsp3) is 0.556. The third kappa shape index (κ3) is 3.32. The van der Waals surface area contributed by atoms with Crippen LogP contribution in [0.4, 0.5) is 0 Å². The molecule has 130 valence electrons. The highest BCUT2D eigenvalue weighted by Gasteiger charge is 2.41. The van der Waals surface area contributed by atoms with Crippen molar-refractivity contribution in [1.29, 1.82) is 0 Å². The average Bonchev–Trinajstić information content (AvgIpc) is 2.69. The Morgan fingerprint density at radius 3 is 2.79 bits per heavy atom. The average molecular weight is 332 g/mol. The molecule has 0 bridgehead atoms.